The summed E-state index contributed by atoms with van der Waals surface area (Å²) < 4.78 is 5.07. The Balaban J connectivity index is 1.32. The average Bonchev–Trinajstić information content (AvgIpc) is 2.87. The molecule has 0 spiro atoms. The Labute approximate surface area is 196 Å². The maximum absolute atomic E-state index is 12.2. The molecule has 2 aromatic rings. The number of benzene rings is 2. The summed E-state index contributed by atoms with van der Waals surface area (Å²) in [6.45, 7) is 1.66. The van der Waals surface area contributed by atoms with Gasteiger partial charge in [-0.2, -0.15) is 0 Å². The molecule has 0 aliphatic heterocycles. The molecule has 3 N–H and O–H groups in total. The second kappa shape index (κ2) is 11.1. The summed E-state index contributed by atoms with van der Waals surface area (Å²) in [5, 5.41) is 24.7. The van der Waals surface area contributed by atoms with Crippen molar-refractivity contribution in [1.29, 1.82) is 0 Å². The third-order valence-corrected chi connectivity index (χ3v) is 7.08. The molecule has 0 heterocycles. The van der Waals surface area contributed by atoms with Gasteiger partial charge in [-0.15, -0.1) is 0 Å². The highest BCUT2D eigenvalue weighted by atomic mass is 16.5. The predicted molar refractivity (Wildman–Crippen MR) is 131 cm³/mol. The lowest BCUT2D eigenvalue weighted by Gasteiger charge is -2.36. The van der Waals surface area contributed by atoms with Gasteiger partial charge >= 0.3 is 5.97 Å². The van der Waals surface area contributed by atoms with Crippen LogP contribution >= 0.6 is 0 Å². The Bertz CT molecular complexity index is 1010. The van der Waals surface area contributed by atoms with Gasteiger partial charge in [-0.3, -0.25) is 0 Å². The normalized spacial score (nSPS) is 24.8. The Kier molecular flexibility index (Phi) is 7.97. The van der Waals surface area contributed by atoms with Crippen molar-refractivity contribution in [2.24, 2.45) is 11.8 Å². The summed E-state index contributed by atoms with van der Waals surface area (Å²) in [6.07, 6.45) is 10.5. The van der Waals surface area contributed by atoms with Gasteiger partial charge in [-0.25, -0.2) is 4.79 Å². The van der Waals surface area contributed by atoms with Crippen LogP contribution in [0, 0.1) is 11.8 Å². The van der Waals surface area contributed by atoms with E-state index in [9.17, 15) is 9.90 Å². The summed E-state index contributed by atoms with van der Waals surface area (Å²) >= 11 is 0. The van der Waals surface area contributed by atoms with Gasteiger partial charge in [0.2, 0.25) is 0 Å². The molecule has 33 heavy (non-hydrogen) atoms. The first-order valence-corrected chi connectivity index (χ1v) is 12.1. The first-order chi connectivity index (χ1) is 16.0. The Morgan fingerprint density at radius 2 is 2.00 bits per heavy atom. The van der Waals surface area contributed by atoms with E-state index < -0.39 is 18.7 Å². The monoisotopic (exact) mass is 449 g/mol. The highest BCUT2D eigenvalue weighted by Gasteiger charge is 2.29. The van der Waals surface area contributed by atoms with Crippen LogP contribution in [0.25, 0.3) is 10.8 Å². The number of esters is 1. The second-order valence-corrected chi connectivity index (χ2v) is 9.43. The second-order valence-electron chi connectivity index (χ2n) is 9.43. The largest absolute Gasteiger partial charge is 0.459 e. The highest BCUT2D eigenvalue weighted by Crippen LogP contribution is 2.36. The minimum absolute atomic E-state index is 0.186. The zero-order chi connectivity index (χ0) is 23.2. The van der Waals surface area contributed by atoms with Crippen LogP contribution in [0.15, 0.2) is 66.3 Å². The van der Waals surface area contributed by atoms with E-state index in [-0.39, 0.29) is 12.6 Å². The van der Waals surface area contributed by atoms with Gasteiger partial charge in [-0.1, -0.05) is 67.1 Å². The maximum atomic E-state index is 12.2. The van der Waals surface area contributed by atoms with Gasteiger partial charge in [0.05, 0.1) is 12.2 Å². The molecular formula is C28H35NO4. The lowest BCUT2D eigenvalue weighted by Crippen LogP contribution is -2.37. The average molecular weight is 450 g/mol. The van der Waals surface area contributed by atoms with Gasteiger partial charge in [0, 0.05) is 12.1 Å². The Hall–Kier alpha value is -2.47. The lowest BCUT2D eigenvalue weighted by atomic mass is 9.75. The number of carbonyl (C=O) groups is 1. The number of hydrogen-bond acceptors (Lipinski definition) is 5. The van der Waals surface area contributed by atoms with E-state index in [1.165, 1.54) is 35.6 Å². The van der Waals surface area contributed by atoms with Crippen LogP contribution in [0.4, 0.5) is 0 Å². The molecule has 0 aromatic heterocycles. The highest BCUT2D eigenvalue weighted by molar-refractivity contribution is 5.91. The van der Waals surface area contributed by atoms with E-state index in [1.807, 2.05) is 12.2 Å². The molecule has 176 valence electrons. The number of ether oxygens (including phenoxy) is 1. The maximum Gasteiger partial charge on any atom is 0.337 e. The Morgan fingerprint density at radius 3 is 2.79 bits per heavy atom. The molecule has 0 amide bonds. The molecule has 2 aliphatic carbocycles. The molecule has 5 nitrogen and oxygen atoms in total. The van der Waals surface area contributed by atoms with Crippen molar-refractivity contribution < 1.29 is 19.7 Å². The number of fused-ring (bicyclic) bond motifs is 1. The van der Waals surface area contributed by atoms with Crippen LogP contribution in [-0.2, 0) is 9.53 Å². The number of aliphatic hydroxyl groups is 2. The first-order valence-electron chi connectivity index (χ1n) is 12.1. The van der Waals surface area contributed by atoms with Crippen LogP contribution < -0.4 is 5.32 Å². The van der Waals surface area contributed by atoms with Crippen LogP contribution in [0.2, 0.25) is 0 Å². The van der Waals surface area contributed by atoms with Crippen LogP contribution in [-0.4, -0.2) is 41.5 Å². The molecule has 1 saturated carbocycles. The molecule has 2 aromatic carbocycles. The standard InChI is InChI=1S/C28H35NO4/c1-19(26-11-5-7-21-6-2-3-10-27(21)26)29-24-9-4-8-23(16-24)20-12-14-22(15-13-20)28(32)33-18-25(31)17-30/h2-3,5-7,10-12,14-15,19-20,23-25,29-31H,4,8-9,13,16-18H2,1H3/t19-,20?,23+,24+,25-/m1/s1. The number of hydrogen-bond donors (Lipinski definition) is 3. The van der Waals surface area contributed by atoms with Crippen LogP contribution in [0.5, 0.6) is 0 Å². The number of carbonyl (C=O) groups excluding carboxylic acids is 1. The van der Waals surface area contributed by atoms with Gasteiger partial charge in [0.15, 0.2) is 0 Å². The fraction of sp³-hybridized carbons (Fsp3) is 0.464. The predicted octanol–water partition coefficient (Wildman–Crippen LogP) is 4.45. The van der Waals surface area contributed by atoms with E-state index in [2.05, 4.69) is 60.8 Å². The van der Waals surface area contributed by atoms with Crippen LogP contribution in [0.1, 0.15) is 50.6 Å². The third-order valence-electron chi connectivity index (χ3n) is 7.08. The van der Waals surface area contributed by atoms with Gasteiger partial charge in [-0.05, 0) is 60.8 Å². The van der Waals surface area contributed by atoms with E-state index in [0.717, 1.165) is 12.8 Å². The molecule has 0 radical (unpaired) electrons. The molecule has 2 aliphatic rings. The van der Waals surface area contributed by atoms with Crippen molar-refractivity contribution in [3.05, 3.63) is 71.8 Å². The first kappa shape index (κ1) is 23.7. The molecule has 1 unspecified atom stereocenters. The molecule has 0 bridgehead atoms. The van der Waals surface area contributed by atoms with E-state index in [4.69, 9.17) is 9.84 Å². The Morgan fingerprint density at radius 1 is 1.18 bits per heavy atom. The summed E-state index contributed by atoms with van der Waals surface area (Å²) in [4.78, 5) is 12.2. The SMILES string of the molecule is C[C@@H](N[C@H]1CCC[C@H](C2C=CC(C(=O)OC[C@H](O)CO)=CC2)C1)c1cccc2ccccc12. The van der Waals surface area contributed by atoms with E-state index >= 15 is 0 Å². The zero-order valence-corrected chi connectivity index (χ0v) is 19.3. The van der Waals surface area contributed by atoms with Crippen molar-refractivity contribution in [1.82, 2.24) is 5.32 Å². The topological polar surface area (TPSA) is 78.8 Å². The van der Waals surface area contributed by atoms with Crippen molar-refractivity contribution >= 4 is 16.7 Å². The van der Waals surface area contributed by atoms with Gasteiger partial charge in [0.1, 0.15) is 12.7 Å². The minimum atomic E-state index is -1.03. The smallest absolute Gasteiger partial charge is 0.337 e. The summed E-state index contributed by atoms with van der Waals surface area (Å²) in [5.74, 6) is 0.587. The van der Waals surface area contributed by atoms with Crippen molar-refractivity contribution in [2.75, 3.05) is 13.2 Å². The zero-order valence-electron chi connectivity index (χ0n) is 19.3. The quantitative estimate of drug-likeness (QED) is 0.519. The van der Waals surface area contributed by atoms with E-state index in [1.54, 1.807) is 0 Å². The molecule has 4 rings (SSSR count). The molecular weight excluding hydrogens is 414 g/mol. The van der Waals surface area contributed by atoms with Gasteiger partial charge < -0.3 is 20.3 Å². The van der Waals surface area contributed by atoms with Crippen LogP contribution in [0.3, 0.4) is 0 Å². The van der Waals surface area contributed by atoms with Crippen molar-refractivity contribution in [2.45, 2.75) is 57.2 Å². The molecule has 5 atom stereocenters. The lowest BCUT2D eigenvalue weighted by molar-refractivity contribution is -0.142. The number of nitrogens with one attached hydrogen (secondary N) is 1. The van der Waals surface area contributed by atoms with Crippen molar-refractivity contribution in [3.8, 4) is 0 Å². The fourth-order valence-corrected chi connectivity index (χ4v) is 5.29. The number of rotatable bonds is 8. The molecule has 0 saturated heterocycles. The minimum Gasteiger partial charge on any atom is -0.459 e. The fourth-order valence-electron chi connectivity index (χ4n) is 5.29. The number of aliphatic hydroxyl groups excluding tert-OH is 2. The third kappa shape index (κ3) is 5.91. The summed E-state index contributed by atoms with van der Waals surface area (Å²) in [6, 6.07) is 15.9. The molecule has 5 heteroatoms. The molecule has 1 fully saturated rings. The summed E-state index contributed by atoms with van der Waals surface area (Å²) in [7, 11) is 0. The summed E-state index contributed by atoms with van der Waals surface area (Å²) in [5.41, 5.74) is 1.89. The van der Waals surface area contributed by atoms with Crippen molar-refractivity contribution in [3.63, 3.8) is 0 Å². The number of allylic oxidation sites excluding steroid dienone is 2. The van der Waals surface area contributed by atoms with E-state index in [0.29, 0.717) is 23.5 Å². The van der Waals surface area contributed by atoms with Gasteiger partial charge in [0.25, 0.3) is 0 Å².